The van der Waals surface area contributed by atoms with E-state index in [-0.39, 0.29) is 29.5 Å². The van der Waals surface area contributed by atoms with Crippen molar-refractivity contribution in [3.05, 3.63) is 28.5 Å². The first-order valence-electron chi connectivity index (χ1n) is 12.5. The Labute approximate surface area is 217 Å². The lowest BCUT2D eigenvalue weighted by atomic mass is 9.78. The third kappa shape index (κ3) is 5.19. The number of anilines is 1. The Hall–Kier alpha value is -2.70. The highest BCUT2D eigenvalue weighted by Gasteiger charge is 2.46. The Morgan fingerprint density at radius 3 is 2.62 bits per heavy atom. The number of hydrogen-bond donors (Lipinski definition) is 3. The summed E-state index contributed by atoms with van der Waals surface area (Å²) >= 11 is 1.00. The first-order valence-corrected chi connectivity index (χ1v) is 13.3. The van der Waals surface area contributed by atoms with Crippen molar-refractivity contribution >= 4 is 29.0 Å². The highest BCUT2D eigenvalue weighted by Crippen LogP contribution is 2.39. The van der Waals surface area contributed by atoms with Crippen LogP contribution in [0.25, 0.3) is 10.4 Å². The Morgan fingerprint density at radius 1 is 1.30 bits per heavy atom. The van der Waals surface area contributed by atoms with E-state index in [9.17, 15) is 23.5 Å². The summed E-state index contributed by atoms with van der Waals surface area (Å²) in [6, 6.07) is 0.609. The highest BCUT2D eigenvalue weighted by atomic mass is 32.1. The smallest absolute Gasteiger partial charge is 0.280 e. The van der Waals surface area contributed by atoms with E-state index in [0.717, 1.165) is 41.1 Å². The van der Waals surface area contributed by atoms with E-state index in [1.807, 2.05) is 13.0 Å². The molecule has 0 bridgehead atoms. The summed E-state index contributed by atoms with van der Waals surface area (Å²) in [5, 5.41) is 16.1. The Morgan fingerprint density at radius 2 is 2.05 bits per heavy atom. The first-order chi connectivity index (χ1) is 17.4. The molecule has 1 aliphatic carbocycles. The van der Waals surface area contributed by atoms with Gasteiger partial charge in [-0.1, -0.05) is 0 Å². The highest BCUT2D eigenvalue weighted by molar-refractivity contribution is 7.17. The van der Waals surface area contributed by atoms with Crippen LogP contribution in [0.3, 0.4) is 0 Å². The van der Waals surface area contributed by atoms with Gasteiger partial charge in [-0.25, -0.2) is 18.7 Å². The Balaban J connectivity index is 1.48. The lowest BCUT2D eigenvalue weighted by molar-refractivity contribution is 0.0118. The van der Waals surface area contributed by atoms with Gasteiger partial charge in [0.05, 0.1) is 36.8 Å². The van der Waals surface area contributed by atoms with Gasteiger partial charge < -0.3 is 25.4 Å². The van der Waals surface area contributed by atoms with Gasteiger partial charge in [0.2, 0.25) is 0 Å². The SMILES string of the molecule is Cc1cc(NC2(C)CCC2)ncc1-c1sc(C(=O)N[C@@H]2COC[C@H]2O)nc1C(=O)N1CC(F)(F)C[C@@H]1C. The molecule has 0 aromatic carbocycles. The van der Waals surface area contributed by atoms with Crippen molar-refractivity contribution in [2.75, 3.05) is 25.1 Å². The van der Waals surface area contributed by atoms with Crippen molar-refractivity contribution < 1.29 is 28.2 Å². The predicted molar refractivity (Wildman–Crippen MR) is 134 cm³/mol. The van der Waals surface area contributed by atoms with Crippen LogP contribution in [0.4, 0.5) is 14.6 Å². The number of aryl methyl sites for hydroxylation is 1. The van der Waals surface area contributed by atoms with Crippen LogP contribution in [0.15, 0.2) is 12.3 Å². The minimum absolute atomic E-state index is 0.000333. The van der Waals surface area contributed by atoms with Gasteiger partial charge in [-0.05, 0) is 51.7 Å². The van der Waals surface area contributed by atoms with Crippen LogP contribution in [0.1, 0.15) is 65.4 Å². The number of hydrogen-bond acceptors (Lipinski definition) is 8. The fourth-order valence-electron chi connectivity index (χ4n) is 5.08. The number of pyridine rings is 1. The number of thiazole rings is 1. The van der Waals surface area contributed by atoms with Gasteiger partial charge in [0.1, 0.15) is 11.5 Å². The molecule has 2 aromatic heterocycles. The predicted octanol–water partition coefficient (Wildman–Crippen LogP) is 3.23. The molecule has 3 aliphatic rings. The van der Waals surface area contributed by atoms with Gasteiger partial charge in [-0.3, -0.25) is 9.59 Å². The van der Waals surface area contributed by atoms with Crippen LogP contribution in [0, 0.1) is 6.92 Å². The molecule has 2 aliphatic heterocycles. The normalized spacial score (nSPS) is 26.1. The maximum absolute atomic E-state index is 14.1. The van der Waals surface area contributed by atoms with Crippen LogP contribution < -0.4 is 10.6 Å². The number of ether oxygens (including phenoxy) is 1. The van der Waals surface area contributed by atoms with Crippen molar-refractivity contribution in [1.29, 1.82) is 0 Å². The average Bonchev–Trinajstić information content (AvgIpc) is 3.49. The van der Waals surface area contributed by atoms with Crippen LogP contribution >= 0.6 is 11.3 Å². The van der Waals surface area contributed by atoms with Gasteiger partial charge >= 0.3 is 0 Å². The molecule has 3 fully saturated rings. The second kappa shape index (κ2) is 9.55. The van der Waals surface area contributed by atoms with E-state index in [1.165, 1.54) is 0 Å². The molecule has 37 heavy (non-hydrogen) atoms. The maximum atomic E-state index is 14.1. The Bertz CT molecular complexity index is 1220. The summed E-state index contributed by atoms with van der Waals surface area (Å²) in [5.41, 5.74) is 1.36. The average molecular weight is 536 g/mol. The lowest BCUT2D eigenvalue weighted by Crippen LogP contribution is -2.42. The molecule has 0 unspecified atom stereocenters. The molecule has 0 radical (unpaired) electrons. The van der Waals surface area contributed by atoms with E-state index in [2.05, 4.69) is 27.5 Å². The molecular weight excluding hydrogens is 504 g/mol. The number of aliphatic hydroxyl groups is 1. The summed E-state index contributed by atoms with van der Waals surface area (Å²) < 4.78 is 33.4. The summed E-state index contributed by atoms with van der Waals surface area (Å²) in [4.78, 5) is 36.9. The van der Waals surface area contributed by atoms with Crippen LogP contribution in [0.5, 0.6) is 0 Å². The molecule has 4 heterocycles. The topological polar surface area (TPSA) is 117 Å². The molecule has 2 saturated heterocycles. The van der Waals surface area contributed by atoms with Gasteiger partial charge in [-0.2, -0.15) is 0 Å². The molecule has 3 atom stereocenters. The number of carbonyl (C=O) groups excluding carboxylic acids is 2. The zero-order chi connectivity index (χ0) is 26.5. The summed E-state index contributed by atoms with van der Waals surface area (Å²) in [6.07, 6.45) is 3.63. The molecule has 9 nitrogen and oxygen atoms in total. The largest absolute Gasteiger partial charge is 0.388 e. The van der Waals surface area contributed by atoms with Gasteiger partial charge in [-0.15, -0.1) is 11.3 Å². The van der Waals surface area contributed by atoms with E-state index >= 15 is 0 Å². The molecule has 2 aromatic rings. The second-order valence-corrected chi connectivity index (χ2v) is 11.6. The monoisotopic (exact) mass is 535 g/mol. The number of aliphatic hydroxyl groups excluding tert-OH is 1. The third-order valence-electron chi connectivity index (χ3n) is 7.42. The van der Waals surface area contributed by atoms with Gasteiger partial charge in [0, 0.05) is 29.8 Å². The number of nitrogens with zero attached hydrogens (tertiary/aromatic N) is 3. The van der Waals surface area contributed by atoms with Gasteiger partial charge in [0.15, 0.2) is 5.01 Å². The van der Waals surface area contributed by atoms with Crippen LogP contribution in [0.2, 0.25) is 0 Å². The number of carbonyl (C=O) groups is 2. The van der Waals surface area contributed by atoms with E-state index < -0.39 is 48.9 Å². The number of aromatic nitrogens is 2. The minimum atomic E-state index is -2.98. The third-order valence-corrected chi connectivity index (χ3v) is 8.51. The first kappa shape index (κ1) is 25.9. The number of alkyl halides is 2. The summed E-state index contributed by atoms with van der Waals surface area (Å²) in [7, 11) is 0. The van der Waals surface area contributed by atoms with E-state index in [1.54, 1.807) is 13.1 Å². The number of likely N-dealkylation sites (tertiary alicyclic amines) is 1. The van der Waals surface area contributed by atoms with Crippen molar-refractivity contribution in [1.82, 2.24) is 20.2 Å². The quantitative estimate of drug-likeness (QED) is 0.520. The Kier molecular flexibility index (Phi) is 6.70. The van der Waals surface area contributed by atoms with Crippen LogP contribution in [-0.2, 0) is 4.74 Å². The summed E-state index contributed by atoms with van der Waals surface area (Å²) in [5.74, 6) is -3.49. The lowest BCUT2D eigenvalue weighted by Gasteiger charge is -2.39. The molecule has 2 amide bonds. The fraction of sp³-hybridized carbons (Fsp3) is 0.600. The van der Waals surface area contributed by atoms with E-state index in [4.69, 9.17) is 4.74 Å². The van der Waals surface area contributed by atoms with Crippen LogP contribution in [-0.4, -0.2) is 81.2 Å². The molecular formula is C25H31F2N5O4S. The molecule has 12 heteroatoms. The van der Waals surface area contributed by atoms with Gasteiger partial charge in [0.25, 0.3) is 17.7 Å². The molecule has 200 valence electrons. The zero-order valence-corrected chi connectivity index (χ0v) is 21.8. The maximum Gasteiger partial charge on any atom is 0.280 e. The van der Waals surface area contributed by atoms with Crippen molar-refractivity contribution in [2.45, 2.75) is 76.1 Å². The summed E-state index contributed by atoms with van der Waals surface area (Å²) in [6.45, 7) is 5.17. The number of halogens is 2. The van der Waals surface area contributed by atoms with Crippen molar-refractivity contribution in [2.24, 2.45) is 0 Å². The molecule has 3 N–H and O–H groups in total. The number of rotatable bonds is 6. The van der Waals surface area contributed by atoms with Crippen molar-refractivity contribution in [3.63, 3.8) is 0 Å². The molecule has 5 rings (SSSR count). The number of nitrogens with one attached hydrogen (secondary N) is 2. The second-order valence-electron chi connectivity index (χ2n) is 10.6. The van der Waals surface area contributed by atoms with E-state index in [0.29, 0.717) is 16.3 Å². The molecule has 0 spiro atoms. The standard InChI is InChI=1S/C25H31F2N5O4S/c1-13-7-18(31-24(3)5-4-6-24)28-9-15(13)20-19(23(35)32-12-25(26,27)8-14(32)2)30-22(37-20)21(34)29-16-10-36-11-17(16)33/h7,9,14,16-17,33H,4-6,8,10-12H2,1-3H3,(H,28,31)(H,29,34)/t14-,16+,17+/m0/s1. The number of amides is 2. The minimum Gasteiger partial charge on any atom is -0.388 e. The van der Waals surface area contributed by atoms with Crippen molar-refractivity contribution in [3.8, 4) is 10.4 Å². The fourth-order valence-corrected chi connectivity index (χ4v) is 6.11. The molecule has 1 saturated carbocycles. The zero-order valence-electron chi connectivity index (χ0n) is 21.0.